The van der Waals surface area contributed by atoms with Crippen LogP contribution >= 0.6 is 0 Å². The summed E-state index contributed by atoms with van der Waals surface area (Å²) in [6.45, 7) is 1.65. The molecule has 44 heavy (non-hydrogen) atoms. The molecule has 0 aromatic heterocycles. The highest BCUT2D eigenvalue weighted by Gasteiger charge is 2.56. The van der Waals surface area contributed by atoms with Crippen LogP contribution in [0.15, 0.2) is 36.4 Å². The molecule has 1 N–H and O–H groups in total. The van der Waals surface area contributed by atoms with Gasteiger partial charge in [-0.2, -0.15) is 22.0 Å². The van der Waals surface area contributed by atoms with Crippen molar-refractivity contribution in [3.05, 3.63) is 64.7 Å². The zero-order chi connectivity index (χ0) is 32.3. The summed E-state index contributed by atoms with van der Waals surface area (Å²) < 4.78 is 102. The Morgan fingerprint density at radius 1 is 0.818 bits per heavy atom. The smallest absolute Gasteiger partial charge is 0.453 e. The average Bonchev–Trinajstić information content (AvgIpc) is 3.12. The number of fused-ring (bicyclic) bond motifs is 1. The van der Waals surface area contributed by atoms with Crippen LogP contribution in [0, 0.1) is 11.6 Å². The maximum Gasteiger partial charge on any atom is 0.453 e. The van der Waals surface area contributed by atoms with Crippen molar-refractivity contribution in [2.24, 2.45) is 0 Å². The van der Waals surface area contributed by atoms with Crippen LogP contribution in [0.25, 0.3) is 11.1 Å². The highest BCUT2D eigenvalue weighted by atomic mass is 32.2. The molecule has 1 aliphatic carbocycles. The summed E-state index contributed by atoms with van der Waals surface area (Å²) in [6.07, 6.45) is 1.10. The van der Waals surface area contributed by atoms with Gasteiger partial charge in [0.15, 0.2) is 11.6 Å². The fraction of sp³-hybridized carbons (Fsp3) is 0.576. The number of allylic oxidation sites excluding steroid dienone is 2. The van der Waals surface area contributed by atoms with Gasteiger partial charge >= 0.3 is 12.1 Å². The van der Waals surface area contributed by atoms with Gasteiger partial charge in [0.1, 0.15) is 17.3 Å². The maximum atomic E-state index is 14.1. The Hall–Kier alpha value is -2.24. The van der Waals surface area contributed by atoms with E-state index in [-0.39, 0.29) is 17.3 Å². The van der Waals surface area contributed by atoms with Gasteiger partial charge in [0.25, 0.3) is 0 Å². The topological polar surface area (TPSA) is 46.5 Å². The predicted octanol–water partition coefficient (Wildman–Crippen LogP) is 9.31. The standard InChI is InChI=1S/C33H42F7NO2S/c1-41(19-6-7-20-44(43)21-9-17-32(36,37)33(38,39)40)18-5-3-2-4-11-29-27(25-13-16-30(34)31(35)23-25)12-8-10-24-22-26(42)14-15-28(24)29/h13-16,22-23,42H,2-12,17-21H2,1H3. The van der Waals surface area contributed by atoms with E-state index < -0.39 is 47.8 Å². The van der Waals surface area contributed by atoms with E-state index in [1.165, 1.54) is 12.1 Å². The third-order valence-electron chi connectivity index (χ3n) is 8.08. The van der Waals surface area contributed by atoms with Crippen molar-refractivity contribution in [1.29, 1.82) is 0 Å². The van der Waals surface area contributed by atoms with Gasteiger partial charge in [0.2, 0.25) is 0 Å². The number of phenols is 1. The highest BCUT2D eigenvalue weighted by molar-refractivity contribution is 7.91. The summed E-state index contributed by atoms with van der Waals surface area (Å²) in [4.78, 5) is 2.17. The van der Waals surface area contributed by atoms with Crippen LogP contribution in [0.5, 0.6) is 5.75 Å². The summed E-state index contributed by atoms with van der Waals surface area (Å²) in [5.41, 5.74) is 4.94. The first-order valence-electron chi connectivity index (χ1n) is 15.3. The molecule has 2 aromatic rings. The van der Waals surface area contributed by atoms with Crippen LogP contribution in [-0.4, -0.2) is 58.3 Å². The molecule has 0 bridgehead atoms. The van der Waals surface area contributed by atoms with E-state index >= 15 is 0 Å². The fourth-order valence-electron chi connectivity index (χ4n) is 5.63. The van der Waals surface area contributed by atoms with Crippen molar-refractivity contribution in [1.82, 2.24) is 4.90 Å². The molecule has 1 atom stereocenters. The average molecular weight is 650 g/mol. The molecule has 0 saturated heterocycles. The van der Waals surface area contributed by atoms with Crippen LogP contribution in [0.2, 0.25) is 0 Å². The van der Waals surface area contributed by atoms with E-state index in [1.807, 2.05) is 13.1 Å². The first-order chi connectivity index (χ1) is 20.8. The van der Waals surface area contributed by atoms with Crippen molar-refractivity contribution in [3.8, 4) is 5.75 Å². The Bertz CT molecular complexity index is 1240. The molecule has 1 aliphatic rings. The van der Waals surface area contributed by atoms with Crippen molar-refractivity contribution >= 4 is 22.3 Å². The molecule has 3 nitrogen and oxygen atoms in total. The molecule has 2 aromatic carbocycles. The number of benzene rings is 2. The number of hydrogen-bond acceptors (Lipinski definition) is 3. The fourth-order valence-corrected chi connectivity index (χ4v) is 6.83. The van der Waals surface area contributed by atoms with Gasteiger partial charge < -0.3 is 14.6 Å². The van der Waals surface area contributed by atoms with E-state index in [9.17, 15) is 40.4 Å². The third-order valence-corrected chi connectivity index (χ3v) is 9.56. The van der Waals surface area contributed by atoms with Gasteiger partial charge in [-0.15, -0.1) is 0 Å². The lowest BCUT2D eigenvalue weighted by molar-refractivity contribution is -0.284. The Kier molecular flexibility index (Phi) is 13.9. The van der Waals surface area contributed by atoms with Crippen LogP contribution in [0.4, 0.5) is 30.7 Å². The van der Waals surface area contributed by atoms with Crippen LogP contribution in [-0.2, 0) is 17.6 Å². The minimum Gasteiger partial charge on any atom is -0.616 e. The Labute approximate surface area is 258 Å². The second-order valence-electron chi connectivity index (χ2n) is 11.6. The summed E-state index contributed by atoms with van der Waals surface area (Å²) >= 11 is -1.41. The molecule has 0 aliphatic heterocycles. The van der Waals surface area contributed by atoms with Crippen LogP contribution in [0.1, 0.15) is 87.3 Å². The van der Waals surface area contributed by atoms with Gasteiger partial charge in [0.05, 0.1) is 0 Å². The van der Waals surface area contributed by atoms with Gasteiger partial charge in [-0.1, -0.05) is 36.2 Å². The quantitative estimate of drug-likeness (QED) is 0.106. The Morgan fingerprint density at radius 2 is 1.50 bits per heavy atom. The van der Waals surface area contributed by atoms with E-state index in [0.717, 1.165) is 93.2 Å². The number of aromatic hydroxyl groups is 1. The highest BCUT2D eigenvalue weighted by Crippen LogP contribution is 2.40. The first-order valence-corrected chi connectivity index (χ1v) is 16.7. The van der Waals surface area contributed by atoms with Gasteiger partial charge in [0, 0.05) is 6.42 Å². The molecule has 0 spiro atoms. The molecule has 1 unspecified atom stereocenters. The van der Waals surface area contributed by atoms with Gasteiger partial charge in [-0.25, -0.2) is 8.78 Å². The van der Waals surface area contributed by atoms with Crippen LogP contribution in [0.3, 0.4) is 0 Å². The molecule has 11 heteroatoms. The monoisotopic (exact) mass is 649 g/mol. The number of aryl methyl sites for hydroxylation is 1. The molecule has 0 amide bonds. The van der Waals surface area contributed by atoms with E-state index in [0.29, 0.717) is 12.0 Å². The van der Waals surface area contributed by atoms with E-state index in [4.69, 9.17) is 0 Å². The number of nitrogens with zero attached hydrogens (tertiary/aromatic N) is 1. The largest absolute Gasteiger partial charge is 0.616 e. The van der Waals surface area contributed by atoms with E-state index in [2.05, 4.69) is 4.90 Å². The minimum absolute atomic E-state index is 0.158. The van der Waals surface area contributed by atoms with Crippen molar-refractivity contribution in [2.45, 2.75) is 89.1 Å². The normalized spacial score (nSPS) is 15.0. The number of unbranched alkanes of at least 4 members (excludes halogenated alkanes) is 4. The maximum absolute atomic E-state index is 14.1. The van der Waals surface area contributed by atoms with Gasteiger partial charge in [-0.05, 0) is 130 Å². The first kappa shape index (κ1) is 36.2. The van der Waals surface area contributed by atoms with Crippen molar-refractivity contribution in [2.75, 3.05) is 31.6 Å². The molecule has 0 saturated carbocycles. The van der Waals surface area contributed by atoms with Crippen molar-refractivity contribution in [3.63, 3.8) is 0 Å². The zero-order valence-corrected chi connectivity index (χ0v) is 26.0. The molecule has 0 radical (unpaired) electrons. The summed E-state index contributed by atoms with van der Waals surface area (Å²) in [7, 11) is 1.99. The summed E-state index contributed by atoms with van der Waals surface area (Å²) in [6, 6.07) is 9.44. The minimum atomic E-state index is -5.57. The summed E-state index contributed by atoms with van der Waals surface area (Å²) in [5.74, 6) is -6.14. The molecular formula is C33H42F7NO2S. The number of rotatable bonds is 17. The lowest BCUT2D eigenvalue weighted by atomic mass is 9.89. The van der Waals surface area contributed by atoms with Crippen molar-refractivity contribution < 1.29 is 40.4 Å². The van der Waals surface area contributed by atoms with Crippen LogP contribution < -0.4 is 0 Å². The molecule has 246 valence electrons. The number of halogens is 7. The third kappa shape index (κ3) is 11.0. The molecule has 3 rings (SSSR count). The molecular weight excluding hydrogens is 607 g/mol. The molecule has 0 fully saturated rings. The lowest BCUT2D eigenvalue weighted by Crippen LogP contribution is -2.36. The SMILES string of the molecule is CN(CCCCCCC1=C(c2ccc(F)c(F)c2)CCCc2cc(O)ccc21)CCCC[S+]([O-])CCCC(F)(F)C(F)(F)F. The lowest BCUT2D eigenvalue weighted by Gasteiger charge is -2.20. The Balaban J connectivity index is 1.39. The number of alkyl halides is 5. The van der Waals surface area contributed by atoms with Gasteiger partial charge in [-0.3, -0.25) is 0 Å². The van der Waals surface area contributed by atoms with E-state index in [1.54, 1.807) is 18.2 Å². The Morgan fingerprint density at radius 3 is 2.20 bits per heavy atom. The number of phenolic OH excluding ortho intramolecular Hbond substituents is 1. The second kappa shape index (κ2) is 16.9. The molecule has 0 heterocycles. The summed E-state index contributed by atoms with van der Waals surface area (Å²) in [5, 5.41) is 10.0. The second-order valence-corrected chi connectivity index (χ2v) is 13.3. The predicted molar refractivity (Wildman–Crippen MR) is 162 cm³/mol. The number of hydrogen-bond donors (Lipinski definition) is 1. The zero-order valence-electron chi connectivity index (χ0n) is 25.1.